The molecule has 1 fully saturated rings. The van der Waals surface area contributed by atoms with E-state index >= 15 is 0 Å². The van der Waals surface area contributed by atoms with Crippen LogP contribution in [0.4, 0.5) is 0 Å². The maximum atomic E-state index is 11.2. The van der Waals surface area contributed by atoms with Gasteiger partial charge in [0.15, 0.2) is 0 Å². The fraction of sp³-hybridized carbons (Fsp3) is 0.588. The van der Waals surface area contributed by atoms with Gasteiger partial charge in [0.2, 0.25) is 0 Å². The van der Waals surface area contributed by atoms with Crippen LogP contribution >= 0.6 is 0 Å². The Labute approximate surface area is 121 Å². The van der Waals surface area contributed by atoms with E-state index in [1.54, 1.807) is 7.11 Å². The Bertz CT molecular complexity index is 499. The van der Waals surface area contributed by atoms with E-state index in [0.29, 0.717) is 5.75 Å². The van der Waals surface area contributed by atoms with Crippen LogP contribution in [0.2, 0.25) is 0 Å². The lowest BCUT2D eigenvalue weighted by Gasteiger charge is -2.35. The van der Waals surface area contributed by atoms with Crippen molar-refractivity contribution in [2.75, 3.05) is 7.11 Å². The number of hydrogen-bond acceptors (Lipinski definition) is 3. The molecule has 0 unspecified atom stereocenters. The van der Waals surface area contributed by atoms with Gasteiger partial charge < -0.3 is 9.47 Å². The van der Waals surface area contributed by atoms with Crippen molar-refractivity contribution in [1.82, 2.24) is 0 Å². The van der Waals surface area contributed by atoms with Gasteiger partial charge in [-0.25, -0.2) is 0 Å². The van der Waals surface area contributed by atoms with Gasteiger partial charge in [0, 0.05) is 12.5 Å². The zero-order valence-electron chi connectivity index (χ0n) is 12.9. The number of aryl methyl sites for hydroxylation is 1. The zero-order valence-corrected chi connectivity index (χ0v) is 12.9. The highest BCUT2D eigenvalue weighted by atomic mass is 16.5. The lowest BCUT2D eigenvalue weighted by Crippen LogP contribution is -2.26. The lowest BCUT2D eigenvalue weighted by molar-refractivity contribution is -0.131. The minimum atomic E-state index is -0.283. The first-order valence-electron chi connectivity index (χ1n) is 7.34. The summed E-state index contributed by atoms with van der Waals surface area (Å²) in [5.41, 5.74) is 2.31. The molecule has 20 heavy (non-hydrogen) atoms. The molecule has 3 heteroatoms. The average Bonchev–Trinajstić information content (AvgIpc) is 2.38. The summed E-state index contributed by atoms with van der Waals surface area (Å²) in [6, 6.07) is 3.86. The maximum Gasteiger partial charge on any atom is 0.308 e. The highest BCUT2D eigenvalue weighted by molar-refractivity contribution is 5.70. The van der Waals surface area contributed by atoms with E-state index in [4.69, 9.17) is 9.47 Å². The Hall–Kier alpha value is -1.51. The van der Waals surface area contributed by atoms with Crippen molar-refractivity contribution in [3.63, 3.8) is 0 Å². The fourth-order valence-electron chi connectivity index (χ4n) is 3.29. The van der Waals surface area contributed by atoms with Gasteiger partial charge in [-0.3, -0.25) is 4.79 Å². The van der Waals surface area contributed by atoms with Crippen molar-refractivity contribution in [1.29, 1.82) is 0 Å². The number of carbonyl (C=O) groups excluding carboxylic acids is 1. The molecule has 0 amide bonds. The SMILES string of the molecule is COc1c(C)cc(OC(C)=O)cc1C1(C)CCCCC1. The third kappa shape index (κ3) is 2.97. The first-order chi connectivity index (χ1) is 9.46. The van der Waals surface area contributed by atoms with Crippen LogP contribution in [-0.4, -0.2) is 13.1 Å². The molecule has 1 aromatic rings. The number of rotatable bonds is 3. The van der Waals surface area contributed by atoms with Gasteiger partial charge in [0.1, 0.15) is 11.5 Å². The molecule has 1 aromatic carbocycles. The fourth-order valence-corrected chi connectivity index (χ4v) is 3.29. The summed E-state index contributed by atoms with van der Waals surface area (Å²) >= 11 is 0. The van der Waals surface area contributed by atoms with E-state index in [9.17, 15) is 4.79 Å². The second-order valence-electron chi connectivity index (χ2n) is 6.04. The standard InChI is InChI=1S/C17H24O3/c1-12-10-14(20-13(2)18)11-15(16(12)19-4)17(3)8-6-5-7-9-17/h10-11H,5-9H2,1-4H3. The van der Waals surface area contributed by atoms with Crippen LogP contribution in [0.3, 0.4) is 0 Å². The molecule has 2 rings (SSSR count). The van der Waals surface area contributed by atoms with E-state index in [-0.39, 0.29) is 11.4 Å². The van der Waals surface area contributed by atoms with Gasteiger partial charge in [-0.1, -0.05) is 26.2 Å². The largest absolute Gasteiger partial charge is 0.496 e. The van der Waals surface area contributed by atoms with Crippen LogP contribution < -0.4 is 9.47 Å². The van der Waals surface area contributed by atoms with E-state index < -0.39 is 0 Å². The summed E-state index contributed by atoms with van der Waals surface area (Å²) in [4.78, 5) is 11.2. The number of carbonyl (C=O) groups is 1. The molecule has 0 saturated heterocycles. The molecule has 3 nitrogen and oxygen atoms in total. The molecule has 0 heterocycles. The van der Waals surface area contributed by atoms with Gasteiger partial charge in [-0.05, 0) is 42.9 Å². The van der Waals surface area contributed by atoms with Crippen LogP contribution in [0.25, 0.3) is 0 Å². The Morgan fingerprint density at radius 2 is 1.85 bits per heavy atom. The molecule has 0 radical (unpaired) electrons. The number of ether oxygens (including phenoxy) is 2. The highest BCUT2D eigenvalue weighted by Gasteiger charge is 2.32. The summed E-state index contributed by atoms with van der Waals surface area (Å²) in [6.07, 6.45) is 6.12. The van der Waals surface area contributed by atoms with Crippen LogP contribution in [0.5, 0.6) is 11.5 Å². The molecule has 0 aliphatic heterocycles. The maximum absolute atomic E-state index is 11.2. The van der Waals surface area contributed by atoms with Crippen molar-refractivity contribution in [3.8, 4) is 11.5 Å². The third-order valence-corrected chi connectivity index (χ3v) is 4.32. The van der Waals surface area contributed by atoms with E-state index in [1.807, 2.05) is 19.1 Å². The van der Waals surface area contributed by atoms with Crippen LogP contribution in [0, 0.1) is 6.92 Å². The first kappa shape index (κ1) is 14.9. The predicted molar refractivity (Wildman–Crippen MR) is 79.5 cm³/mol. The molecule has 1 aliphatic carbocycles. The second-order valence-corrected chi connectivity index (χ2v) is 6.04. The van der Waals surface area contributed by atoms with Crippen LogP contribution in [0.15, 0.2) is 12.1 Å². The van der Waals surface area contributed by atoms with Crippen LogP contribution in [-0.2, 0) is 10.2 Å². The van der Waals surface area contributed by atoms with Gasteiger partial charge >= 0.3 is 5.97 Å². The summed E-state index contributed by atoms with van der Waals surface area (Å²) in [5.74, 6) is 1.28. The van der Waals surface area contributed by atoms with E-state index in [1.165, 1.54) is 31.7 Å². The molecule has 0 aromatic heterocycles. The molecule has 110 valence electrons. The second kappa shape index (κ2) is 5.86. The normalized spacial score (nSPS) is 17.6. The van der Waals surface area contributed by atoms with Crippen molar-refractivity contribution in [2.24, 2.45) is 0 Å². The van der Waals surface area contributed by atoms with Gasteiger partial charge in [0.05, 0.1) is 7.11 Å². The first-order valence-corrected chi connectivity index (χ1v) is 7.34. The van der Waals surface area contributed by atoms with E-state index in [0.717, 1.165) is 24.2 Å². The number of esters is 1. The quantitative estimate of drug-likeness (QED) is 0.614. The summed E-state index contributed by atoms with van der Waals surface area (Å²) in [5, 5.41) is 0. The zero-order chi connectivity index (χ0) is 14.8. The monoisotopic (exact) mass is 276 g/mol. The summed E-state index contributed by atoms with van der Waals surface area (Å²) in [7, 11) is 1.71. The van der Waals surface area contributed by atoms with Crippen molar-refractivity contribution < 1.29 is 14.3 Å². The Kier molecular flexibility index (Phi) is 4.36. The smallest absolute Gasteiger partial charge is 0.308 e. The Morgan fingerprint density at radius 1 is 1.20 bits per heavy atom. The average molecular weight is 276 g/mol. The molecule has 0 spiro atoms. The highest BCUT2D eigenvalue weighted by Crippen LogP contribution is 2.45. The molecule has 0 atom stereocenters. The summed E-state index contributed by atoms with van der Waals surface area (Å²) in [6.45, 7) is 5.73. The van der Waals surface area contributed by atoms with Crippen molar-refractivity contribution in [2.45, 2.75) is 58.3 Å². The molecule has 1 saturated carbocycles. The molecular weight excluding hydrogens is 252 g/mol. The minimum absolute atomic E-state index is 0.116. The summed E-state index contributed by atoms with van der Waals surface area (Å²) < 4.78 is 10.9. The van der Waals surface area contributed by atoms with Crippen molar-refractivity contribution >= 4 is 5.97 Å². The molecule has 1 aliphatic rings. The van der Waals surface area contributed by atoms with Gasteiger partial charge in [0.25, 0.3) is 0 Å². The van der Waals surface area contributed by atoms with Crippen LogP contribution in [0.1, 0.15) is 57.1 Å². The number of methoxy groups -OCH3 is 1. The minimum Gasteiger partial charge on any atom is -0.496 e. The Morgan fingerprint density at radius 3 is 2.40 bits per heavy atom. The van der Waals surface area contributed by atoms with Crippen molar-refractivity contribution in [3.05, 3.63) is 23.3 Å². The molecule has 0 N–H and O–H groups in total. The van der Waals surface area contributed by atoms with Gasteiger partial charge in [-0.2, -0.15) is 0 Å². The third-order valence-electron chi connectivity index (χ3n) is 4.32. The van der Waals surface area contributed by atoms with E-state index in [2.05, 4.69) is 6.92 Å². The van der Waals surface area contributed by atoms with Gasteiger partial charge in [-0.15, -0.1) is 0 Å². The molecule has 0 bridgehead atoms. The molecular formula is C17H24O3. The topological polar surface area (TPSA) is 35.5 Å². The number of hydrogen-bond donors (Lipinski definition) is 0. The lowest BCUT2D eigenvalue weighted by atomic mass is 9.70. The predicted octanol–water partition coefficient (Wildman–Crippen LogP) is 4.15. The number of benzene rings is 1. The Balaban J connectivity index is 2.47.